The summed E-state index contributed by atoms with van der Waals surface area (Å²) in [6.45, 7) is 2.05. The number of rotatable bonds is 5. The van der Waals surface area contributed by atoms with Crippen LogP contribution in [0.15, 0.2) is 53.0 Å². The number of ether oxygens (including phenoxy) is 1. The van der Waals surface area contributed by atoms with E-state index in [1.807, 2.05) is 6.07 Å². The molecule has 0 aliphatic heterocycles. The number of hydrogen-bond donors (Lipinski definition) is 1. The van der Waals surface area contributed by atoms with Crippen LogP contribution in [0.25, 0.3) is 6.08 Å². The Hall–Kier alpha value is -1.98. The zero-order chi connectivity index (χ0) is 16.8. The van der Waals surface area contributed by atoms with Crippen LogP contribution in [0.1, 0.15) is 29.7 Å². The van der Waals surface area contributed by atoms with Gasteiger partial charge in [-0.2, -0.15) is 0 Å². The SMILES string of the molecule is CCOC(=O)C=Cc1cc(Br)cc(C(O)c2ccc(F)cc2)c1. The number of hydrogen-bond acceptors (Lipinski definition) is 3. The largest absolute Gasteiger partial charge is 0.463 e. The molecule has 0 fully saturated rings. The molecule has 120 valence electrons. The minimum absolute atomic E-state index is 0.316. The van der Waals surface area contributed by atoms with E-state index in [0.717, 1.165) is 10.0 Å². The number of aliphatic hydroxyl groups is 1. The van der Waals surface area contributed by atoms with Gasteiger partial charge in [-0.1, -0.05) is 28.1 Å². The first kappa shape index (κ1) is 17.4. The predicted molar refractivity (Wildman–Crippen MR) is 90.3 cm³/mol. The van der Waals surface area contributed by atoms with Crippen molar-refractivity contribution in [2.24, 2.45) is 0 Å². The second kappa shape index (κ2) is 8.04. The summed E-state index contributed by atoms with van der Waals surface area (Å²) in [5.74, 6) is -0.777. The first-order valence-electron chi connectivity index (χ1n) is 7.08. The molecule has 0 aliphatic carbocycles. The second-order valence-corrected chi connectivity index (χ2v) is 5.77. The van der Waals surface area contributed by atoms with E-state index in [1.54, 1.807) is 25.1 Å². The van der Waals surface area contributed by atoms with Crippen LogP contribution < -0.4 is 0 Å². The summed E-state index contributed by atoms with van der Waals surface area (Å²) in [7, 11) is 0. The Kier molecular flexibility index (Phi) is 6.07. The molecule has 0 saturated heterocycles. The Bertz CT molecular complexity index is 711. The number of halogens is 2. The van der Waals surface area contributed by atoms with Crippen LogP contribution in [-0.2, 0) is 9.53 Å². The minimum atomic E-state index is -0.886. The van der Waals surface area contributed by atoms with Crippen molar-refractivity contribution >= 4 is 28.0 Å². The molecule has 23 heavy (non-hydrogen) atoms. The molecule has 1 unspecified atom stereocenters. The quantitative estimate of drug-likeness (QED) is 0.624. The number of carbonyl (C=O) groups is 1. The van der Waals surface area contributed by atoms with Crippen LogP contribution in [0.4, 0.5) is 4.39 Å². The summed E-state index contributed by atoms with van der Waals surface area (Å²) < 4.78 is 18.6. The van der Waals surface area contributed by atoms with Crippen molar-refractivity contribution in [3.05, 3.63) is 75.5 Å². The maximum absolute atomic E-state index is 13.0. The van der Waals surface area contributed by atoms with Crippen LogP contribution in [0.3, 0.4) is 0 Å². The van der Waals surface area contributed by atoms with Crippen LogP contribution in [0.5, 0.6) is 0 Å². The summed E-state index contributed by atoms with van der Waals surface area (Å²) in [4.78, 5) is 11.4. The maximum Gasteiger partial charge on any atom is 0.330 e. The smallest absolute Gasteiger partial charge is 0.330 e. The molecule has 1 N–H and O–H groups in total. The highest BCUT2D eigenvalue weighted by atomic mass is 79.9. The van der Waals surface area contributed by atoms with Crippen LogP contribution in [0.2, 0.25) is 0 Å². The van der Waals surface area contributed by atoms with Crippen molar-refractivity contribution in [3.63, 3.8) is 0 Å². The molecule has 1 atom stereocenters. The molecule has 0 heterocycles. The summed E-state index contributed by atoms with van der Waals surface area (Å²) in [5.41, 5.74) is 1.96. The van der Waals surface area contributed by atoms with E-state index in [2.05, 4.69) is 15.9 Å². The highest BCUT2D eigenvalue weighted by Gasteiger charge is 2.12. The Morgan fingerprint density at radius 3 is 2.61 bits per heavy atom. The zero-order valence-corrected chi connectivity index (χ0v) is 14.1. The van der Waals surface area contributed by atoms with Gasteiger partial charge in [0, 0.05) is 10.5 Å². The van der Waals surface area contributed by atoms with E-state index in [9.17, 15) is 14.3 Å². The van der Waals surface area contributed by atoms with Crippen molar-refractivity contribution in [2.75, 3.05) is 6.61 Å². The Morgan fingerprint density at radius 1 is 1.26 bits per heavy atom. The molecule has 2 rings (SSSR count). The molecule has 0 amide bonds. The molecule has 5 heteroatoms. The lowest BCUT2D eigenvalue weighted by Gasteiger charge is -2.13. The molecule has 0 bridgehead atoms. The van der Waals surface area contributed by atoms with Gasteiger partial charge in [0.15, 0.2) is 0 Å². The van der Waals surface area contributed by atoms with Crippen molar-refractivity contribution in [1.29, 1.82) is 0 Å². The fourth-order valence-electron chi connectivity index (χ4n) is 2.08. The van der Waals surface area contributed by atoms with E-state index >= 15 is 0 Å². The van der Waals surface area contributed by atoms with E-state index in [-0.39, 0.29) is 5.82 Å². The molecule has 0 saturated carbocycles. The molecular formula is C18H16BrFO3. The van der Waals surface area contributed by atoms with Gasteiger partial charge in [-0.3, -0.25) is 0 Å². The maximum atomic E-state index is 13.0. The van der Waals surface area contributed by atoms with Gasteiger partial charge in [0.25, 0.3) is 0 Å². The normalized spacial score (nSPS) is 12.3. The van der Waals surface area contributed by atoms with E-state index in [0.29, 0.717) is 17.7 Å². The average Bonchev–Trinajstić information content (AvgIpc) is 2.53. The van der Waals surface area contributed by atoms with Gasteiger partial charge in [0.2, 0.25) is 0 Å². The molecule has 0 aliphatic rings. The topological polar surface area (TPSA) is 46.5 Å². The van der Waals surface area contributed by atoms with Crippen molar-refractivity contribution < 1.29 is 19.0 Å². The molecule has 0 spiro atoms. The Labute approximate surface area is 142 Å². The van der Waals surface area contributed by atoms with E-state index in [4.69, 9.17) is 4.74 Å². The summed E-state index contributed by atoms with van der Waals surface area (Å²) in [6.07, 6.45) is 2.06. The monoisotopic (exact) mass is 378 g/mol. The third kappa shape index (κ3) is 5.01. The van der Waals surface area contributed by atoms with Gasteiger partial charge in [-0.25, -0.2) is 9.18 Å². The van der Waals surface area contributed by atoms with Crippen molar-refractivity contribution in [3.8, 4) is 0 Å². The van der Waals surface area contributed by atoms with Crippen molar-refractivity contribution in [1.82, 2.24) is 0 Å². The Morgan fingerprint density at radius 2 is 1.96 bits per heavy atom. The minimum Gasteiger partial charge on any atom is -0.463 e. The fourth-order valence-corrected chi connectivity index (χ4v) is 2.61. The zero-order valence-electron chi connectivity index (χ0n) is 12.5. The molecule has 0 aromatic heterocycles. The highest BCUT2D eigenvalue weighted by molar-refractivity contribution is 9.10. The van der Waals surface area contributed by atoms with Gasteiger partial charge < -0.3 is 9.84 Å². The first-order chi connectivity index (χ1) is 11.0. The molecule has 3 nitrogen and oxygen atoms in total. The van der Waals surface area contributed by atoms with Crippen LogP contribution >= 0.6 is 15.9 Å². The van der Waals surface area contributed by atoms with Gasteiger partial charge in [0.05, 0.1) is 6.61 Å². The number of carbonyl (C=O) groups excluding carboxylic acids is 1. The second-order valence-electron chi connectivity index (χ2n) is 4.86. The van der Waals surface area contributed by atoms with Crippen LogP contribution in [-0.4, -0.2) is 17.7 Å². The number of aliphatic hydroxyl groups excluding tert-OH is 1. The van der Waals surface area contributed by atoms with Crippen molar-refractivity contribution in [2.45, 2.75) is 13.0 Å². The lowest BCUT2D eigenvalue weighted by atomic mass is 9.99. The predicted octanol–water partition coefficient (Wildman–Crippen LogP) is 4.25. The highest BCUT2D eigenvalue weighted by Crippen LogP contribution is 2.26. The Balaban J connectivity index is 2.26. The summed E-state index contributed by atoms with van der Waals surface area (Å²) in [6, 6.07) is 11.0. The van der Waals surface area contributed by atoms with Gasteiger partial charge >= 0.3 is 5.97 Å². The number of benzene rings is 2. The van der Waals surface area contributed by atoms with E-state index in [1.165, 1.54) is 30.3 Å². The standard InChI is InChI=1S/C18H16BrFO3/c1-2-23-17(21)8-3-12-9-14(11-15(19)10-12)18(22)13-4-6-16(20)7-5-13/h3-11,18,22H,2H2,1H3. The lowest BCUT2D eigenvalue weighted by Crippen LogP contribution is -2.01. The summed E-state index contributed by atoms with van der Waals surface area (Å²) >= 11 is 3.38. The fraction of sp³-hybridized carbons (Fsp3) is 0.167. The third-order valence-electron chi connectivity index (χ3n) is 3.14. The summed E-state index contributed by atoms with van der Waals surface area (Å²) in [5, 5.41) is 10.4. The molecule has 2 aromatic carbocycles. The van der Waals surface area contributed by atoms with E-state index < -0.39 is 12.1 Å². The first-order valence-corrected chi connectivity index (χ1v) is 7.87. The van der Waals surface area contributed by atoms with Crippen LogP contribution in [0, 0.1) is 5.82 Å². The number of esters is 1. The third-order valence-corrected chi connectivity index (χ3v) is 3.60. The molecule has 2 aromatic rings. The molecular weight excluding hydrogens is 363 g/mol. The molecule has 0 radical (unpaired) electrons. The van der Waals surface area contributed by atoms with Gasteiger partial charge in [-0.15, -0.1) is 0 Å². The van der Waals surface area contributed by atoms with Gasteiger partial charge in [-0.05, 0) is 60.0 Å². The lowest BCUT2D eigenvalue weighted by molar-refractivity contribution is -0.137. The average molecular weight is 379 g/mol. The van der Waals surface area contributed by atoms with Gasteiger partial charge in [0.1, 0.15) is 11.9 Å².